The molecule has 0 saturated carbocycles. The van der Waals surface area contributed by atoms with Crippen molar-refractivity contribution in [3.8, 4) is 0 Å². The predicted molar refractivity (Wildman–Crippen MR) is 90.3 cm³/mol. The van der Waals surface area contributed by atoms with Crippen LogP contribution in [0.25, 0.3) is 0 Å². The largest absolute Gasteiger partial charge is 0.338 e. The summed E-state index contributed by atoms with van der Waals surface area (Å²) in [6.07, 6.45) is 2.38. The first-order valence-corrected chi connectivity index (χ1v) is 8.41. The van der Waals surface area contributed by atoms with Crippen molar-refractivity contribution in [1.82, 2.24) is 9.80 Å². The highest BCUT2D eigenvalue weighted by molar-refractivity contribution is 5.78. The monoisotopic (exact) mass is 303 g/mol. The number of rotatable bonds is 6. The summed E-state index contributed by atoms with van der Waals surface area (Å²) in [5.74, 6) is 0.787. The molecule has 122 valence electrons. The lowest BCUT2D eigenvalue weighted by Gasteiger charge is -2.39. The average molecular weight is 303 g/mol. The van der Waals surface area contributed by atoms with Crippen LogP contribution in [-0.4, -0.2) is 47.9 Å². The molecule has 22 heavy (non-hydrogen) atoms. The van der Waals surface area contributed by atoms with E-state index in [1.165, 1.54) is 12.0 Å². The van der Waals surface area contributed by atoms with Gasteiger partial charge in [0, 0.05) is 25.7 Å². The minimum atomic E-state index is 0.207. The number of likely N-dealkylation sites (N-methyl/N-ethyl adjacent to an activating group) is 1. The molecule has 4 nitrogen and oxygen atoms in total. The molecule has 0 radical (unpaired) electrons. The summed E-state index contributed by atoms with van der Waals surface area (Å²) < 4.78 is 0. The van der Waals surface area contributed by atoms with Crippen molar-refractivity contribution < 1.29 is 4.79 Å². The van der Waals surface area contributed by atoms with Crippen molar-refractivity contribution in [2.75, 3.05) is 26.2 Å². The molecule has 0 aliphatic carbocycles. The summed E-state index contributed by atoms with van der Waals surface area (Å²) in [6, 6.07) is 10.5. The van der Waals surface area contributed by atoms with Crippen LogP contribution in [0, 0.1) is 5.92 Å². The topological polar surface area (TPSA) is 49.6 Å². The highest BCUT2D eigenvalue weighted by Gasteiger charge is 2.29. The van der Waals surface area contributed by atoms with E-state index in [0.29, 0.717) is 31.6 Å². The van der Waals surface area contributed by atoms with Gasteiger partial charge in [0.15, 0.2) is 0 Å². The van der Waals surface area contributed by atoms with Crippen LogP contribution in [0.1, 0.15) is 32.3 Å². The zero-order chi connectivity index (χ0) is 15.9. The number of hydrogen-bond acceptors (Lipinski definition) is 3. The highest BCUT2D eigenvalue weighted by Crippen LogP contribution is 2.22. The number of hydrogen-bond donors (Lipinski definition) is 1. The second-order valence-corrected chi connectivity index (χ2v) is 6.29. The molecule has 0 aromatic heterocycles. The van der Waals surface area contributed by atoms with Crippen LogP contribution >= 0.6 is 0 Å². The number of piperidine rings is 1. The number of carbonyl (C=O) groups excluding carboxylic acids is 1. The minimum absolute atomic E-state index is 0.207. The zero-order valence-corrected chi connectivity index (χ0v) is 13.9. The molecule has 1 aromatic rings. The van der Waals surface area contributed by atoms with Gasteiger partial charge in [-0.3, -0.25) is 9.69 Å². The molecule has 1 aromatic carbocycles. The fraction of sp³-hybridized carbons (Fsp3) is 0.611. The van der Waals surface area contributed by atoms with Crippen LogP contribution in [0.5, 0.6) is 0 Å². The number of nitrogens with zero attached hydrogens (tertiary/aromatic N) is 2. The van der Waals surface area contributed by atoms with Crippen LogP contribution in [-0.2, 0) is 11.3 Å². The van der Waals surface area contributed by atoms with E-state index in [1.807, 2.05) is 30.0 Å². The number of carbonyl (C=O) groups is 1. The third-order valence-corrected chi connectivity index (χ3v) is 4.76. The number of benzene rings is 1. The Balaban J connectivity index is 1.96. The van der Waals surface area contributed by atoms with E-state index < -0.39 is 0 Å². The van der Waals surface area contributed by atoms with Gasteiger partial charge in [-0.15, -0.1) is 0 Å². The molecule has 2 unspecified atom stereocenters. The van der Waals surface area contributed by atoms with E-state index in [2.05, 4.69) is 24.0 Å². The van der Waals surface area contributed by atoms with E-state index in [9.17, 15) is 4.79 Å². The van der Waals surface area contributed by atoms with Crippen molar-refractivity contribution >= 4 is 5.91 Å². The smallest absolute Gasteiger partial charge is 0.237 e. The first-order chi connectivity index (χ1) is 10.7. The van der Waals surface area contributed by atoms with Crippen molar-refractivity contribution in [2.45, 2.75) is 39.3 Å². The van der Waals surface area contributed by atoms with Gasteiger partial charge >= 0.3 is 0 Å². The Kier molecular flexibility index (Phi) is 6.40. The van der Waals surface area contributed by atoms with Gasteiger partial charge in [0.1, 0.15) is 0 Å². The average Bonchev–Trinajstić information content (AvgIpc) is 2.53. The Hall–Kier alpha value is -1.39. The maximum atomic E-state index is 12.7. The lowest BCUT2D eigenvalue weighted by molar-refractivity contribution is -0.134. The summed E-state index contributed by atoms with van der Waals surface area (Å²) in [5, 5.41) is 0. The Bertz CT molecular complexity index is 463. The molecule has 1 aliphatic rings. The molecule has 1 fully saturated rings. The fourth-order valence-electron chi connectivity index (χ4n) is 3.37. The lowest BCUT2D eigenvalue weighted by atomic mass is 9.91. The molecule has 4 heteroatoms. The minimum Gasteiger partial charge on any atom is -0.338 e. The quantitative estimate of drug-likeness (QED) is 0.875. The number of likely N-dealkylation sites (tertiary alicyclic amines) is 1. The molecule has 1 heterocycles. The Morgan fingerprint density at radius 2 is 2.09 bits per heavy atom. The van der Waals surface area contributed by atoms with E-state index in [1.54, 1.807) is 0 Å². The molecule has 1 saturated heterocycles. The molecular weight excluding hydrogens is 274 g/mol. The summed E-state index contributed by atoms with van der Waals surface area (Å²) in [6.45, 7) is 7.83. The SMILES string of the molecule is CCN(Cc1ccccc1)C(=O)CN1CCCC(C)C1CN. The Morgan fingerprint density at radius 1 is 1.36 bits per heavy atom. The van der Waals surface area contributed by atoms with Gasteiger partial charge in [0.25, 0.3) is 0 Å². The third-order valence-electron chi connectivity index (χ3n) is 4.76. The summed E-state index contributed by atoms with van der Waals surface area (Å²) >= 11 is 0. The van der Waals surface area contributed by atoms with E-state index in [-0.39, 0.29) is 5.91 Å². The Morgan fingerprint density at radius 3 is 2.73 bits per heavy atom. The highest BCUT2D eigenvalue weighted by atomic mass is 16.2. The zero-order valence-electron chi connectivity index (χ0n) is 13.9. The molecule has 1 amide bonds. The predicted octanol–water partition coefficient (Wildman–Crippen LogP) is 2.09. The van der Waals surface area contributed by atoms with Crippen LogP contribution < -0.4 is 5.73 Å². The molecule has 1 aliphatic heterocycles. The first kappa shape index (κ1) is 17.0. The molecule has 2 atom stereocenters. The fourth-order valence-corrected chi connectivity index (χ4v) is 3.37. The van der Waals surface area contributed by atoms with Crippen LogP contribution in [0.2, 0.25) is 0 Å². The summed E-state index contributed by atoms with van der Waals surface area (Å²) in [7, 11) is 0. The van der Waals surface area contributed by atoms with Gasteiger partial charge in [0.05, 0.1) is 6.54 Å². The van der Waals surface area contributed by atoms with Crippen molar-refractivity contribution in [1.29, 1.82) is 0 Å². The van der Waals surface area contributed by atoms with Gasteiger partial charge in [-0.2, -0.15) is 0 Å². The molecular formula is C18H29N3O. The van der Waals surface area contributed by atoms with Crippen LogP contribution in [0.15, 0.2) is 30.3 Å². The third kappa shape index (κ3) is 4.31. The molecule has 0 bridgehead atoms. The molecule has 2 rings (SSSR count). The van der Waals surface area contributed by atoms with Gasteiger partial charge in [-0.25, -0.2) is 0 Å². The number of nitrogens with two attached hydrogens (primary N) is 1. The van der Waals surface area contributed by atoms with E-state index in [0.717, 1.165) is 19.5 Å². The Labute approximate surface area is 134 Å². The van der Waals surface area contributed by atoms with Crippen molar-refractivity contribution in [2.24, 2.45) is 11.7 Å². The van der Waals surface area contributed by atoms with Gasteiger partial charge in [-0.05, 0) is 37.8 Å². The normalized spacial score (nSPS) is 22.5. The summed E-state index contributed by atoms with van der Waals surface area (Å²) in [5.41, 5.74) is 7.11. The second kappa shape index (κ2) is 8.30. The second-order valence-electron chi connectivity index (χ2n) is 6.29. The lowest BCUT2D eigenvalue weighted by Crippen LogP contribution is -2.52. The van der Waals surface area contributed by atoms with E-state index >= 15 is 0 Å². The standard InChI is InChI=1S/C18H29N3O/c1-3-20(13-16-9-5-4-6-10-16)18(22)14-21-11-7-8-15(2)17(21)12-19/h4-6,9-10,15,17H,3,7-8,11-14,19H2,1-2H3. The maximum absolute atomic E-state index is 12.7. The molecule has 2 N–H and O–H groups in total. The van der Waals surface area contributed by atoms with Crippen molar-refractivity contribution in [3.05, 3.63) is 35.9 Å². The van der Waals surface area contributed by atoms with Gasteiger partial charge < -0.3 is 10.6 Å². The summed E-state index contributed by atoms with van der Waals surface area (Å²) in [4.78, 5) is 16.9. The number of amides is 1. The van der Waals surface area contributed by atoms with Gasteiger partial charge in [-0.1, -0.05) is 37.3 Å². The van der Waals surface area contributed by atoms with Gasteiger partial charge in [0.2, 0.25) is 5.91 Å². The molecule has 0 spiro atoms. The van der Waals surface area contributed by atoms with Crippen molar-refractivity contribution in [3.63, 3.8) is 0 Å². The van der Waals surface area contributed by atoms with Crippen LogP contribution in [0.3, 0.4) is 0 Å². The maximum Gasteiger partial charge on any atom is 0.237 e. The van der Waals surface area contributed by atoms with Crippen LogP contribution in [0.4, 0.5) is 0 Å². The van der Waals surface area contributed by atoms with E-state index in [4.69, 9.17) is 5.73 Å². The first-order valence-electron chi connectivity index (χ1n) is 8.41.